The van der Waals surface area contributed by atoms with Crippen molar-refractivity contribution >= 4 is 40.0 Å². The maximum absolute atomic E-state index is 12.4. The number of nitro benzene ring substituents is 1. The molecule has 0 aliphatic carbocycles. The molecule has 0 spiro atoms. The molecule has 33 heavy (non-hydrogen) atoms. The summed E-state index contributed by atoms with van der Waals surface area (Å²) in [6.45, 7) is 1.34. The quantitative estimate of drug-likeness (QED) is 0.286. The summed E-state index contributed by atoms with van der Waals surface area (Å²) in [6, 6.07) is 14.1. The zero-order chi connectivity index (χ0) is 23.2. The lowest BCUT2D eigenvalue weighted by atomic mass is 10.1. The Morgan fingerprint density at radius 1 is 1.12 bits per heavy atom. The van der Waals surface area contributed by atoms with E-state index in [4.69, 9.17) is 11.6 Å². The molecule has 0 bridgehead atoms. The normalized spacial score (nSPS) is 10.8. The van der Waals surface area contributed by atoms with E-state index >= 15 is 0 Å². The molecule has 10 nitrogen and oxygen atoms in total. The second kappa shape index (κ2) is 10.0. The van der Waals surface area contributed by atoms with Gasteiger partial charge in [-0.1, -0.05) is 41.9 Å². The monoisotopic (exact) mass is 465 g/mol. The van der Waals surface area contributed by atoms with Gasteiger partial charge in [-0.05, 0) is 24.1 Å². The van der Waals surface area contributed by atoms with Crippen molar-refractivity contribution in [1.29, 1.82) is 0 Å². The third-order valence-electron chi connectivity index (χ3n) is 5.00. The van der Waals surface area contributed by atoms with Gasteiger partial charge in [-0.25, -0.2) is 14.6 Å². The fourth-order valence-corrected chi connectivity index (χ4v) is 3.53. The molecule has 11 heteroatoms. The third kappa shape index (κ3) is 5.24. The molecule has 2 aromatic carbocycles. The smallest absolute Gasteiger partial charge is 0.288 e. The van der Waals surface area contributed by atoms with Crippen LogP contribution in [0.4, 0.5) is 11.5 Å². The first-order valence-corrected chi connectivity index (χ1v) is 10.6. The number of hydrogen-bond donors (Lipinski definition) is 2. The van der Waals surface area contributed by atoms with Gasteiger partial charge in [0.2, 0.25) is 0 Å². The molecule has 0 aliphatic heterocycles. The van der Waals surface area contributed by atoms with Crippen molar-refractivity contribution in [3.05, 3.63) is 87.3 Å². The highest BCUT2D eigenvalue weighted by Gasteiger charge is 2.16. The zero-order valence-electron chi connectivity index (χ0n) is 17.4. The molecule has 0 saturated heterocycles. The average Bonchev–Trinajstić information content (AvgIpc) is 3.24. The summed E-state index contributed by atoms with van der Waals surface area (Å²) in [5.74, 6) is 0.254. The van der Waals surface area contributed by atoms with Gasteiger partial charge in [0.05, 0.1) is 23.1 Å². The molecule has 0 saturated carbocycles. The minimum Gasteiger partial charge on any atom is -0.369 e. The van der Waals surface area contributed by atoms with Crippen molar-refractivity contribution in [2.75, 3.05) is 18.4 Å². The van der Waals surface area contributed by atoms with Gasteiger partial charge in [0.1, 0.15) is 17.2 Å². The Morgan fingerprint density at radius 3 is 2.73 bits per heavy atom. The van der Waals surface area contributed by atoms with E-state index in [0.29, 0.717) is 24.6 Å². The molecular formula is C22H20ClN7O3. The van der Waals surface area contributed by atoms with E-state index in [1.807, 2.05) is 18.2 Å². The molecule has 0 fully saturated rings. The number of rotatable bonds is 9. The van der Waals surface area contributed by atoms with Gasteiger partial charge in [0.25, 0.3) is 11.6 Å². The van der Waals surface area contributed by atoms with Crippen LogP contribution in [0.5, 0.6) is 0 Å². The number of nitrogens with zero attached hydrogens (tertiary/aromatic N) is 5. The molecule has 1 amide bonds. The Bertz CT molecular complexity index is 1290. The van der Waals surface area contributed by atoms with Gasteiger partial charge in [0, 0.05) is 24.7 Å². The number of fused-ring (bicyclic) bond motifs is 1. The van der Waals surface area contributed by atoms with E-state index in [1.165, 1.54) is 24.0 Å². The van der Waals surface area contributed by atoms with Crippen LogP contribution in [0.15, 0.2) is 61.1 Å². The van der Waals surface area contributed by atoms with Gasteiger partial charge >= 0.3 is 0 Å². The lowest BCUT2D eigenvalue weighted by Crippen LogP contribution is -2.27. The van der Waals surface area contributed by atoms with Crippen molar-refractivity contribution in [3.63, 3.8) is 0 Å². The number of benzene rings is 2. The number of anilines is 1. The van der Waals surface area contributed by atoms with Crippen LogP contribution in [-0.2, 0) is 13.0 Å². The van der Waals surface area contributed by atoms with Gasteiger partial charge in [-0.15, -0.1) is 0 Å². The maximum atomic E-state index is 12.4. The summed E-state index contributed by atoms with van der Waals surface area (Å²) in [5.41, 5.74) is 1.71. The summed E-state index contributed by atoms with van der Waals surface area (Å²) in [4.78, 5) is 31.4. The number of nitro groups is 1. The van der Waals surface area contributed by atoms with E-state index in [-0.39, 0.29) is 22.8 Å². The van der Waals surface area contributed by atoms with Crippen LogP contribution >= 0.6 is 11.6 Å². The Hall–Kier alpha value is -4.05. The number of amides is 1. The Morgan fingerprint density at radius 2 is 1.94 bits per heavy atom. The summed E-state index contributed by atoms with van der Waals surface area (Å²) < 4.78 is 1.67. The van der Waals surface area contributed by atoms with E-state index in [2.05, 4.69) is 37.8 Å². The standard InChI is InChI=1S/C22H20ClN7O3/c23-18-7-6-16(12-19(18)30(32)33)22(31)25-10-11-29-21-17(13-28-29)20(26-14-27-21)24-9-8-15-4-2-1-3-5-15/h1-7,12-14H,8-11H2,(H,25,31)(H,24,26,27). The van der Waals surface area contributed by atoms with Gasteiger partial charge < -0.3 is 10.6 Å². The Labute approximate surface area is 193 Å². The van der Waals surface area contributed by atoms with Gasteiger partial charge in [0.15, 0.2) is 5.65 Å². The number of nitrogens with one attached hydrogen (secondary N) is 2. The van der Waals surface area contributed by atoms with Crippen molar-refractivity contribution in [2.24, 2.45) is 0 Å². The fourth-order valence-electron chi connectivity index (χ4n) is 3.34. The zero-order valence-corrected chi connectivity index (χ0v) is 18.2. The molecule has 2 aromatic heterocycles. The summed E-state index contributed by atoms with van der Waals surface area (Å²) >= 11 is 5.80. The number of carbonyl (C=O) groups is 1. The second-order valence-corrected chi connectivity index (χ2v) is 7.58. The van der Waals surface area contributed by atoms with Crippen molar-refractivity contribution < 1.29 is 9.72 Å². The predicted octanol–water partition coefficient (Wildman–Crippen LogP) is 3.47. The van der Waals surface area contributed by atoms with Crippen LogP contribution in [0.1, 0.15) is 15.9 Å². The third-order valence-corrected chi connectivity index (χ3v) is 5.32. The SMILES string of the molecule is O=C(NCCn1ncc2c(NCCc3ccccc3)ncnc21)c1ccc(Cl)c([N+](=O)[O-])c1. The first kappa shape index (κ1) is 22.2. The lowest BCUT2D eigenvalue weighted by molar-refractivity contribution is -0.384. The van der Waals surface area contributed by atoms with E-state index in [9.17, 15) is 14.9 Å². The minimum atomic E-state index is -0.625. The number of halogens is 1. The number of carbonyl (C=O) groups excluding carboxylic acids is 1. The molecule has 168 valence electrons. The van der Waals surface area contributed by atoms with Gasteiger partial charge in [-0.3, -0.25) is 14.9 Å². The van der Waals surface area contributed by atoms with E-state index in [0.717, 1.165) is 17.9 Å². The molecule has 2 N–H and O–H groups in total. The first-order chi connectivity index (χ1) is 16.0. The average molecular weight is 466 g/mol. The Balaban J connectivity index is 1.36. The van der Waals surface area contributed by atoms with Crippen LogP contribution in [0.25, 0.3) is 11.0 Å². The Kier molecular flexibility index (Phi) is 6.75. The second-order valence-electron chi connectivity index (χ2n) is 7.17. The van der Waals surface area contributed by atoms with Crippen molar-refractivity contribution in [2.45, 2.75) is 13.0 Å². The molecule has 0 atom stereocenters. The fraction of sp³-hybridized carbons (Fsp3) is 0.182. The highest BCUT2D eigenvalue weighted by Crippen LogP contribution is 2.25. The van der Waals surface area contributed by atoms with Crippen LogP contribution in [0.3, 0.4) is 0 Å². The van der Waals surface area contributed by atoms with Crippen molar-refractivity contribution in [1.82, 2.24) is 25.1 Å². The molecule has 0 aliphatic rings. The van der Waals surface area contributed by atoms with Gasteiger partial charge in [-0.2, -0.15) is 5.10 Å². The molecular weight excluding hydrogens is 446 g/mol. The molecule has 0 radical (unpaired) electrons. The highest BCUT2D eigenvalue weighted by atomic mass is 35.5. The highest BCUT2D eigenvalue weighted by molar-refractivity contribution is 6.32. The van der Waals surface area contributed by atoms with E-state index < -0.39 is 10.8 Å². The summed E-state index contributed by atoms with van der Waals surface area (Å²) in [5, 5.41) is 22.2. The molecule has 2 heterocycles. The number of aromatic nitrogens is 4. The van der Waals surface area contributed by atoms with Crippen LogP contribution < -0.4 is 10.6 Å². The van der Waals surface area contributed by atoms with Crippen LogP contribution in [-0.4, -0.2) is 43.7 Å². The topological polar surface area (TPSA) is 128 Å². The molecule has 4 aromatic rings. The summed E-state index contributed by atoms with van der Waals surface area (Å²) in [7, 11) is 0. The predicted molar refractivity (Wildman–Crippen MR) is 124 cm³/mol. The lowest BCUT2D eigenvalue weighted by Gasteiger charge is -2.08. The van der Waals surface area contributed by atoms with Crippen LogP contribution in [0, 0.1) is 10.1 Å². The first-order valence-electron chi connectivity index (χ1n) is 10.2. The summed E-state index contributed by atoms with van der Waals surface area (Å²) in [6.07, 6.45) is 4.01. The van der Waals surface area contributed by atoms with E-state index in [1.54, 1.807) is 10.9 Å². The maximum Gasteiger partial charge on any atom is 0.288 e. The molecule has 4 rings (SSSR count). The molecule has 0 unspecified atom stereocenters. The largest absolute Gasteiger partial charge is 0.369 e. The minimum absolute atomic E-state index is 0.0209. The van der Waals surface area contributed by atoms with Crippen LogP contribution in [0.2, 0.25) is 5.02 Å². The van der Waals surface area contributed by atoms with Crippen molar-refractivity contribution in [3.8, 4) is 0 Å². The number of hydrogen-bond acceptors (Lipinski definition) is 7.